The molecule has 3 aliphatic rings. The Bertz CT molecular complexity index is 278. The molecule has 0 bridgehead atoms. The number of aliphatic hydroxyl groups is 1. The fraction of sp³-hybridized carbons (Fsp3) is 1.00. The van der Waals surface area contributed by atoms with Crippen molar-refractivity contribution >= 4 is 0 Å². The molecule has 1 saturated carbocycles. The van der Waals surface area contributed by atoms with Gasteiger partial charge in [-0.2, -0.15) is 0 Å². The summed E-state index contributed by atoms with van der Waals surface area (Å²) in [6.45, 7) is 5.90. The number of rotatable bonds is 3. The van der Waals surface area contributed by atoms with Gasteiger partial charge in [0.1, 0.15) is 0 Å². The third-order valence-electron chi connectivity index (χ3n) is 5.53. The van der Waals surface area contributed by atoms with Crippen molar-refractivity contribution in [3.63, 3.8) is 0 Å². The van der Waals surface area contributed by atoms with Crippen molar-refractivity contribution in [2.45, 2.75) is 63.5 Å². The van der Waals surface area contributed by atoms with E-state index in [1.807, 2.05) is 0 Å². The maximum absolute atomic E-state index is 10.5. The second-order valence-corrected chi connectivity index (χ2v) is 6.91. The van der Waals surface area contributed by atoms with Gasteiger partial charge in [-0.3, -0.25) is 9.80 Å². The molecule has 0 spiro atoms. The summed E-state index contributed by atoms with van der Waals surface area (Å²) in [6.07, 6.45) is 10.5. The first-order chi connectivity index (χ1) is 9.33. The third kappa shape index (κ3) is 3.50. The van der Waals surface area contributed by atoms with Crippen molar-refractivity contribution in [1.82, 2.24) is 9.80 Å². The topological polar surface area (TPSA) is 26.7 Å². The molecule has 2 aliphatic heterocycles. The maximum Gasteiger partial charge on any atom is 0.0695 e. The van der Waals surface area contributed by atoms with E-state index in [-0.39, 0.29) is 6.10 Å². The molecule has 19 heavy (non-hydrogen) atoms. The van der Waals surface area contributed by atoms with Gasteiger partial charge in [0.15, 0.2) is 0 Å². The number of nitrogens with zero attached hydrogens (tertiary/aromatic N) is 2. The minimum absolute atomic E-state index is 0.0757. The molecule has 2 atom stereocenters. The van der Waals surface area contributed by atoms with Gasteiger partial charge in [-0.25, -0.2) is 0 Å². The molecule has 2 heterocycles. The van der Waals surface area contributed by atoms with Gasteiger partial charge in [-0.1, -0.05) is 19.3 Å². The molecule has 1 N–H and O–H groups in total. The van der Waals surface area contributed by atoms with Gasteiger partial charge in [0.05, 0.1) is 6.10 Å². The fourth-order valence-electron chi connectivity index (χ4n) is 4.38. The molecule has 3 rings (SSSR count). The average molecular weight is 266 g/mol. The first kappa shape index (κ1) is 13.8. The van der Waals surface area contributed by atoms with Crippen molar-refractivity contribution in [1.29, 1.82) is 0 Å². The summed E-state index contributed by atoms with van der Waals surface area (Å²) in [5.74, 6) is 0.580. The molecule has 3 heteroatoms. The highest BCUT2D eigenvalue weighted by Gasteiger charge is 2.30. The summed E-state index contributed by atoms with van der Waals surface area (Å²) in [6, 6.07) is 0.779. The number of β-amino-alcohol motifs (C(OH)–C–C–N with tert-alkyl or cyclic N) is 1. The van der Waals surface area contributed by atoms with Crippen molar-refractivity contribution in [3.8, 4) is 0 Å². The van der Waals surface area contributed by atoms with Crippen molar-refractivity contribution in [2.75, 3.05) is 32.7 Å². The zero-order valence-corrected chi connectivity index (χ0v) is 12.3. The van der Waals surface area contributed by atoms with Crippen LogP contribution in [0.25, 0.3) is 0 Å². The smallest absolute Gasteiger partial charge is 0.0695 e. The van der Waals surface area contributed by atoms with Crippen LogP contribution in [0.1, 0.15) is 51.4 Å². The van der Waals surface area contributed by atoms with E-state index in [1.54, 1.807) is 0 Å². The van der Waals surface area contributed by atoms with E-state index < -0.39 is 0 Å². The third-order valence-corrected chi connectivity index (χ3v) is 5.53. The minimum Gasteiger partial charge on any atom is -0.392 e. The van der Waals surface area contributed by atoms with E-state index in [0.29, 0.717) is 5.92 Å². The summed E-state index contributed by atoms with van der Waals surface area (Å²) >= 11 is 0. The standard InChI is InChI=1S/C16H30N2O/c19-16(14-6-2-1-3-7-14)13-17-9-5-11-18-10-4-8-15(18)12-17/h14-16,19H,1-13H2. The molecule has 0 aromatic rings. The zero-order valence-electron chi connectivity index (χ0n) is 12.3. The Kier molecular flexibility index (Phi) is 4.78. The molecule has 2 saturated heterocycles. The van der Waals surface area contributed by atoms with Crippen LogP contribution >= 0.6 is 0 Å². The molecule has 0 aromatic carbocycles. The highest BCUT2D eigenvalue weighted by molar-refractivity contribution is 4.86. The number of hydrogen-bond acceptors (Lipinski definition) is 3. The normalized spacial score (nSPS) is 33.0. The molecule has 0 amide bonds. The molecule has 3 nitrogen and oxygen atoms in total. The molecular formula is C16H30N2O. The quantitative estimate of drug-likeness (QED) is 0.847. The first-order valence-corrected chi connectivity index (χ1v) is 8.47. The van der Waals surface area contributed by atoms with Gasteiger partial charge in [0.25, 0.3) is 0 Å². The molecule has 3 fully saturated rings. The molecule has 2 unspecified atom stereocenters. The summed E-state index contributed by atoms with van der Waals surface area (Å²) in [5, 5.41) is 10.5. The Morgan fingerprint density at radius 1 is 0.895 bits per heavy atom. The number of fused-ring (bicyclic) bond motifs is 1. The van der Waals surface area contributed by atoms with Crippen molar-refractivity contribution < 1.29 is 5.11 Å². The molecule has 110 valence electrons. The Labute approximate surface area is 118 Å². The summed E-state index contributed by atoms with van der Waals surface area (Å²) < 4.78 is 0. The summed E-state index contributed by atoms with van der Waals surface area (Å²) in [5.41, 5.74) is 0. The van der Waals surface area contributed by atoms with Gasteiger partial charge in [0.2, 0.25) is 0 Å². The summed E-state index contributed by atoms with van der Waals surface area (Å²) in [7, 11) is 0. The van der Waals surface area contributed by atoms with Gasteiger partial charge >= 0.3 is 0 Å². The lowest BCUT2D eigenvalue weighted by Crippen LogP contribution is -2.42. The van der Waals surface area contributed by atoms with Gasteiger partial charge < -0.3 is 5.11 Å². The molecule has 0 aromatic heterocycles. The van der Waals surface area contributed by atoms with Crippen molar-refractivity contribution in [3.05, 3.63) is 0 Å². The van der Waals surface area contributed by atoms with Crippen LogP contribution < -0.4 is 0 Å². The van der Waals surface area contributed by atoms with Gasteiger partial charge in [-0.15, -0.1) is 0 Å². The van der Waals surface area contributed by atoms with Crippen LogP contribution in [0.3, 0.4) is 0 Å². The van der Waals surface area contributed by atoms with Crippen LogP contribution in [0.15, 0.2) is 0 Å². The largest absolute Gasteiger partial charge is 0.392 e. The SMILES string of the molecule is OC(CN1CCCN2CCCC2C1)C1CCCCC1. The first-order valence-electron chi connectivity index (χ1n) is 8.47. The second kappa shape index (κ2) is 6.55. The van der Waals surface area contributed by atoms with E-state index in [4.69, 9.17) is 0 Å². The molecule has 0 radical (unpaired) electrons. The lowest BCUT2D eigenvalue weighted by Gasteiger charge is -2.32. The summed E-state index contributed by atoms with van der Waals surface area (Å²) in [4.78, 5) is 5.22. The van der Waals surface area contributed by atoms with E-state index in [0.717, 1.165) is 12.6 Å². The number of hydrogen-bond donors (Lipinski definition) is 1. The van der Waals surface area contributed by atoms with Gasteiger partial charge in [-0.05, 0) is 57.7 Å². The van der Waals surface area contributed by atoms with Crippen LogP contribution in [-0.4, -0.2) is 59.8 Å². The van der Waals surface area contributed by atoms with E-state index >= 15 is 0 Å². The Morgan fingerprint density at radius 2 is 1.68 bits per heavy atom. The van der Waals surface area contributed by atoms with Crippen LogP contribution in [0.2, 0.25) is 0 Å². The molecular weight excluding hydrogens is 236 g/mol. The van der Waals surface area contributed by atoms with Crippen LogP contribution in [-0.2, 0) is 0 Å². The van der Waals surface area contributed by atoms with Crippen LogP contribution in [0.4, 0.5) is 0 Å². The lowest BCUT2D eigenvalue weighted by atomic mass is 9.85. The van der Waals surface area contributed by atoms with Crippen LogP contribution in [0, 0.1) is 5.92 Å². The average Bonchev–Trinajstić information content (AvgIpc) is 2.79. The predicted octanol–water partition coefficient (Wildman–Crippen LogP) is 2.10. The highest BCUT2D eigenvalue weighted by atomic mass is 16.3. The monoisotopic (exact) mass is 266 g/mol. The van der Waals surface area contributed by atoms with Crippen LogP contribution in [0.5, 0.6) is 0 Å². The Hall–Kier alpha value is -0.120. The second-order valence-electron chi connectivity index (χ2n) is 6.91. The predicted molar refractivity (Wildman–Crippen MR) is 78.2 cm³/mol. The minimum atomic E-state index is -0.0757. The Morgan fingerprint density at radius 3 is 2.53 bits per heavy atom. The number of aliphatic hydroxyl groups excluding tert-OH is 1. The van der Waals surface area contributed by atoms with E-state index in [9.17, 15) is 5.11 Å². The molecule has 1 aliphatic carbocycles. The Balaban J connectivity index is 1.50. The van der Waals surface area contributed by atoms with Gasteiger partial charge in [0, 0.05) is 19.1 Å². The lowest BCUT2D eigenvalue weighted by molar-refractivity contribution is 0.0456. The van der Waals surface area contributed by atoms with E-state index in [2.05, 4.69) is 9.80 Å². The highest BCUT2D eigenvalue weighted by Crippen LogP contribution is 2.28. The zero-order chi connectivity index (χ0) is 13.1. The fourth-order valence-corrected chi connectivity index (χ4v) is 4.38. The maximum atomic E-state index is 10.5. The van der Waals surface area contributed by atoms with E-state index in [1.165, 1.54) is 77.5 Å². The van der Waals surface area contributed by atoms with Crippen molar-refractivity contribution in [2.24, 2.45) is 5.92 Å².